The van der Waals surface area contributed by atoms with E-state index < -0.39 is 11.5 Å². The Labute approximate surface area is 273 Å². The van der Waals surface area contributed by atoms with Crippen LogP contribution in [0.5, 0.6) is 0 Å². The van der Waals surface area contributed by atoms with Gasteiger partial charge in [-0.25, -0.2) is 9.37 Å². The molecule has 1 aliphatic carbocycles. The van der Waals surface area contributed by atoms with Crippen LogP contribution in [-0.2, 0) is 45.1 Å². The number of hydrogen-bond donors (Lipinski definition) is 1. The molecular weight excluding hydrogens is 597 g/mol. The van der Waals surface area contributed by atoms with Crippen molar-refractivity contribution in [3.8, 4) is 11.4 Å². The first kappa shape index (κ1) is 31.2. The minimum absolute atomic E-state index is 0.0432. The van der Waals surface area contributed by atoms with Crippen LogP contribution in [0.3, 0.4) is 0 Å². The van der Waals surface area contributed by atoms with Gasteiger partial charge < -0.3 is 19.4 Å². The van der Waals surface area contributed by atoms with Crippen molar-refractivity contribution in [3.05, 3.63) is 97.6 Å². The number of esters is 1. The highest BCUT2D eigenvalue weighted by atomic mass is 19.1. The topological polar surface area (TPSA) is 99.5 Å². The summed E-state index contributed by atoms with van der Waals surface area (Å²) in [6.45, 7) is 8.12. The Morgan fingerprint density at radius 1 is 1.15 bits per heavy atom. The van der Waals surface area contributed by atoms with E-state index in [1.165, 1.54) is 11.6 Å². The van der Waals surface area contributed by atoms with Gasteiger partial charge in [-0.2, -0.15) is 0 Å². The zero-order chi connectivity index (χ0) is 33.0. The normalized spacial score (nSPS) is 18.0. The summed E-state index contributed by atoms with van der Waals surface area (Å²) in [6.07, 6.45) is 3.88. The number of aryl methyl sites for hydroxylation is 2. The molecule has 2 aromatic heterocycles. The molecule has 0 saturated carbocycles. The highest BCUT2D eigenvalue weighted by Crippen LogP contribution is 2.49. The van der Waals surface area contributed by atoms with E-state index in [2.05, 4.69) is 17.4 Å². The summed E-state index contributed by atoms with van der Waals surface area (Å²) in [4.78, 5) is 44.2. The number of benzene rings is 2. The van der Waals surface area contributed by atoms with E-state index in [-0.39, 0.29) is 42.5 Å². The van der Waals surface area contributed by atoms with Crippen molar-refractivity contribution in [3.63, 3.8) is 0 Å². The summed E-state index contributed by atoms with van der Waals surface area (Å²) in [5.74, 6) is -1.31. The van der Waals surface area contributed by atoms with E-state index in [4.69, 9.17) is 14.5 Å². The fourth-order valence-corrected chi connectivity index (χ4v) is 7.86. The molecule has 0 saturated heterocycles. The van der Waals surface area contributed by atoms with Crippen molar-refractivity contribution >= 4 is 22.8 Å². The van der Waals surface area contributed by atoms with Crippen molar-refractivity contribution in [2.45, 2.75) is 96.8 Å². The molecular formula is C38H40FN3O5. The van der Waals surface area contributed by atoms with E-state index >= 15 is 4.39 Å². The second-order valence-electron chi connectivity index (χ2n) is 13.6. The van der Waals surface area contributed by atoms with Crippen molar-refractivity contribution in [2.75, 3.05) is 6.73 Å². The number of hydrogen-bond acceptors (Lipinski definition) is 6. The number of carbonyl (C=O) groups excluding carboxylic acids is 2. The molecule has 2 atom stereocenters. The Bertz CT molecular complexity index is 1980. The first-order valence-corrected chi connectivity index (χ1v) is 16.6. The zero-order valence-corrected chi connectivity index (χ0v) is 27.4. The molecule has 9 heteroatoms. The number of amides is 1. The average Bonchev–Trinajstić information content (AvgIpc) is 3.42. The summed E-state index contributed by atoms with van der Waals surface area (Å²) in [7, 11) is 0. The Kier molecular flexibility index (Phi) is 7.99. The molecule has 2 aromatic carbocycles. The molecule has 2 aliphatic heterocycles. The predicted octanol–water partition coefficient (Wildman–Crippen LogP) is 6.34. The third-order valence-corrected chi connectivity index (χ3v) is 10.5. The molecule has 4 heterocycles. The molecule has 1 N–H and O–H groups in total. The highest BCUT2D eigenvalue weighted by Gasteiger charge is 2.42. The summed E-state index contributed by atoms with van der Waals surface area (Å²) < 4.78 is 28.8. The Balaban J connectivity index is 1.21. The number of carbonyl (C=O) groups is 2. The Morgan fingerprint density at radius 3 is 2.70 bits per heavy atom. The lowest BCUT2D eigenvalue weighted by Crippen LogP contribution is -2.39. The fourth-order valence-electron chi connectivity index (χ4n) is 7.86. The third-order valence-electron chi connectivity index (χ3n) is 10.5. The molecule has 0 spiro atoms. The SMILES string of the molecule is CCC1C(=O)OCc2c1cc1n(c2=O)Cc2c-1nc1cc(F)c(C)c3c1c2C(C(C)(C)OCNC(=O)CCCc1ccccc1)CC3. The van der Waals surface area contributed by atoms with Crippen LogP contribution in [0, 0.1) is 12.7 Å². The molecule has 1 amide bonds. The number of nitrogens with one attached hydrogen (secondary N) is 1. The first-order valence-electron chi connectivity index (χ1n) is 16.6. The third kappa shape index (κ3) is 5.34. The van der Waals surface area contributed by atoms with E-state index in [9.17, 15) is 14.4 Å². The molecule has 2 unspecified atom stereocenters. The number of aromatic nitrogens is 2. The maximum atomic E-state index is 15.3. The largest absolute Gasteiger partial charge is 0.460 e. The van der Waals surface area contributed by atoms with Crippen LogP contribution >= 0.6 is 0 Å². The van der Waals surface area contributed by atoms with Gasteiger partial charge in [-0.1, -0.05) is 37.3 Å². The molecule has 7 rings (SSSR count). The van der Waals surface area contributed by atoms with Crippen LogP contribution in [-0.4, -0.2) is 33.8 Å². The van der Waals surface area contributed by atoms with Crippen LogP contribution in [0.4, 0.5) is 4.39 Å². The monoisotopic (exact) mass is 637 g/mol. The van der Waals surface area contributed by atoms with Gasteiger partial charge in [0.15, 0.2) is 0 Å². The number of rotatable bonds is 9. The lowest BCUT2D eigenvalue weighted by atomic mass is 9.72. The molecule has 3 aliphatic rings. The molecule has 4 aromatic rings. The molecule has 8 nitrogen and oxygen atoms in total. The maximum Gasteiger partial charge on any atom is 0.313 e. The molecule has 0 bridgehead atoms. The van der Waals surface area contributed by atoms with Crippen LogP contribution < -0.4 is 10.9 Å². The standard InChI is InChI=1S/C38H40FN3O5/c1-5-23-25-16-31-35-26(18-42(31)36(44)27(25)19-46-37(23)45)33-28(15-14-24-21(2)29(39)17-30(41-35)34(24)33)38(3,4)47-20-40-32(43)13-9-12-22-10-7-6-8-11-22/h6-8,10-11,16-17,23,28H,5,9,12-15,18-20H2,1-4H3,(H,40,43). The van der Waals surface area contributed by atoms with Crippen molar-refractivity contribution < 1.29 is 23.5 Å². The molecule has 244 valence electrons. The van der Waals surface area contributed by atoms with E-state index in [1.54, 1.807) is 4.57 Å². The van der Waals surface area contributed by atoms with Crippen LogP contribution in [0.25, 0.3) is 22.3 Å². The zero-order valence-electron chi connectivity index (χ0n) is 27.4. The van der Waals surface area contributed by atoms with Gasteiger partial charge in [-0.05, 0) is 86.8 Å². The highest BCUT2D eigenvalue weighted by molar-refractivity contribution is 5.93. The fraction of sp³-hybridized carbons (Fsp3) is 0.421. The second-order valence-corrected chi connectivity index (χ2v) is 13.6. The minimum Gasteiger partial charge on any atom is -0.460 e. The molecule has 0 radical (unpaired) electrons. The lowest BCUT2D eigenvalue weighted by Gasteiger charge is -2.39. The minimum atomic E-state index is -0.702. The quantitative estimate of drug-likeness (QED) is 0.150. The Morgan fingerprint density at radius 2 is 1.94 bits per heavy atom. The van der Waals surface area contributed by atoms with Crippen molar-refractivity contribution in [1.82, 2.24) is 14.9 Å². The number of cyclic esters (lactones) is 1. The van der Waals surface area contributed by atoms with Crippen LogP contribution in [0.15, 0.2) is 47.3 Å². The number of pyridine rings is 2. The summed E-state index contributed by atoms with van der Waals surface area (Å²) >= 11 is 0. The van der Waals surface area contributed by atoms with E-state index in [0.717, 1.165) is 34.9 Å². The van der Waals surface area contributed by atoms with Crippen LogP contribution in [0.2, 0.25) is 0 Å². The van der Waals surface area contributed by atoms with Crippen molar-refractivity contribution in [1.29, 1.82) is 0 Å². The van der Waals surface area contributed by atoms with Gasteiger partial charge in [-0.3, -0.25) is 14.4 Å². The maximum absolute atomic E-state index is 15.3. The molecule has 47 heavy (non-hydrogen) atoms. The number of ether oxygens (including phenoxy) is 2. The van der Waals surface area contributed by atoms with E-state index in [1.807, 2.05) is 52.0 Å². The van der Waals surface area contributed by atoms with Gasteiger partial charge in [-0.15, -0.1) is 0 Å². The number of halogens is 1. The average molecular weight is 638 g/mol. The lowest BCUT2D eigenvalue weighted by molar-refractivity contribution is -0.148. The summed E-state index contributed by atoms with van der Waals surface area (Å²) in [6, 6.07) is 13.5. The van der Waals surface area contributed by atoms with Gasteiger partial charge >= 0.3 is 5.97 Å². The summed E-state index contributed by atoms with van der Waals surface area (Å²) in [5, 5.41) is 3.86. The summed E-state index contributed by atoms with van der Waals surface area (Å²) in [5.41, 5.74) is 6.86. The van der Waals surface area contributed by atoms with Gasteiger partial charge in [0.2, 0.25) is 5.91 Å². The van der Waals surface area contributed by atoms with Gasteiger partial charge in [0.05, 0.1) is 40.5 Å². The van der Waals surface area contributed by atoms with Gasteiger partial charge in [0.1, 0.15) is 19.2 Å². The molecule has 0 fully saturated rings. The van der Waals surface area contributed by atoms with Gasteiger partial charge in [0.25, 0.3) is 5.56 Å². The smallest absolute Gasteiger partial charge is 0.313 e. The Hall–Kier alpha value is -4.37. The van der Waals surface area contributed by atoms with Gasteiger partial charge in [0, 0.05) is 29.4 Å². The number of fused-ring (bicyclic) bond motifs is 5. The number of nitrogens with zero attached hydrogens (tertiary/aromatic N) is 2. The first-order chi connectivity index (χ1) is 22.6. The van der Waals surface area contributed by atoms with Crippen molar-refractivity contribution in [2.24, 2.45) is 0 Å². The van der Waals surface area contributed by atoms with E-state index in [0.29, 0.717) is 65.8 Å². The predicted molar refractivity (Wildman–Crippen MR) is 177 cm³/mol. The van der Waals surface area contributed by atoms with Crippen LogP contribution in [0.1, 0.15) is 97.2 Å². The second kappa shape index (κ2) is 12.0.